The van der Waals surface area contributed by atoms with E-state index in [0.29, 0.717) is 22.2 Å². The molecule has 2 aromatic carbocycles. The average molecular weight is 326 g/mol. The number of benzene rings is 2. The van der Waals surface area contributed by atoms with E-state index in [1.165, 1.54) is 0 Å². The van der Waals surface area contributed by atoms with E-state index in [2.05, 4.69) is 17.9 Å². The summed E-state index contributed by atoms with van der Waals surface area (Å²) in [5, 5.41) is 3.25. The van der Waals surface area contributed by atoms with E-state index in [9.17, 15) is 4.79 Å². The highest BCUT2D eigenvalue weighted by Crippen LogP contribution is 2.26. The molecule has 0 aliphatic carbocycles. The van der Waals surface area contributed by atoms with Crippen molar-refractivity contribution in [1.29, 1.82) is 0 Å². The second kappa shape index (κ2) is 7.02. The van der Waals surface area contributed by atoms with Crippen molar-refractivity contribution in [3.05, 3.63) is 64.1 Å². The Morgan fingerprint density at radius 2 is 1.85 bits per heavy atom. The number of halogens is 2. The number of rotatable bonds is 4. The number of hydrogen-bond donors (Lipinski definition) is 2. The van der Waals surface area contributed by atoms with Crippen molar-refractivity contribution in [1.82, 2.24) is 0 Å². The third-order valence-corrected chi connectivity index (χ3v) is 3.74. The standard InChI is InChI=1S/C15H13Cl2NOS/c16-11-6-7-12(17)13(9-11)18-15(19)14(20)8-10-4-2-1-3-5-10/h1-7,9,14,20H,8H2,(H,18,19). The van der Waals surface area contributed by atoms with Gasteiger partial charge in [0.05, 0.1) is 16.0 Å². The van der Waals surface area contributed by atoms with Crippen molar-refractivity contribution in [2.45, 2.75) is 11.7 Å². The molecule has 0 saturated carbocycles. The molecule has 20 heavy (non-hydrogen) atoms. The summed E-state index contributed by atoms with van der Waals surface area (Å²) >= 11 is 16.2. The number of carbonyl (C=O) groups is 1. The van der Waals surface area contributed by atoms with Gasteiger partial charge < -0.3 is 5.32 Å². The molecule has 1 unspecified atom stereocenters. The third kappa shape index (κ3) is 4.17. The highest BCUT2D eigenvalue weighted by Gasteiger charge is 2.16. The van der Waals surface area contributed by atoms with Gasteiger partial charge in [0.1, 0.15) is 0 Å². The first-order valence-corrected chi connectivity index (χ1v) is 7.31. The summed E-state index contributed by atoms with van der Waals surface area (Å²) in [5.41, 5.74) is 1.55. The van der Waals surface area contributed by atoms with Gasteiger partial charge in [0.25, 0.3) is 0 Å². The Morgan fingerprint density at radius 1 is 1.15 bits per heavy atom. The molecule has 104 valence electrons. The Labute approximate surface area is 133 Å². The summed E-state index contributed by atoms with van der Waals surface area (Å²) in [6.07, 6.45) is 0.550. The lowest BCUT2D eigenvalue weighted by atomic mass is 10.1. The Bertz CT molecular complexity index is 604. The zero-order chi connectivity index (χ0) is 14.5. The van der Waals surface area contributed by atoms with Crippen molar-refractivity contribution in [2.75, 3.05) is 5.32 Å². The lowest BCUT2D eigenvalue weighted by molar-refractivity contribution is -0.115. The number of hydrogen-bond acceptors (Lipinski definition) is 2. The lowest BCUT2D eigenvalue weighted by Gasteiger charge is -2.13. The van der Waals surface area contributed by atoms with Crippen LogP contribution in [0.2, 0.25) is 10.0 Å². The van der Waals surface area contributed by atoms with Crippen molar-refractivity contribution in [2.24, 2.45) is 0 Å². The number of anilines is 1. The second-order valence-corrected chi connectivity index (χ2v) is 5.79. The normalized spacial score (nSPS) is 11.9. The van der Waals surface area contributed by atoms with E-state index in [1.807, 2.05) is 30.3 Å². The monoisotopic (exact) mass is 325 g/mol. The maximum Gasteiger partial charge on any atom is 0.237 e. The van der Waals surface area contributed by atoms with Crippen LogP contribution in [0.25, 0.3) is 0 Å². The molecule has 0 radical (unpaired) electrons. The summed E-state index contributed by atoms with van der Waals surface area (Å²) in [4.78, 5) is 12.1. The fourth-order valence-electron chi connectivity index (χ4n) is 1.74. The molecule has 2 aromatic rings. The number of carbonyl (C=O) groups excluding carboxylic acids is 1. The van der Waals surface area contributed by atoms with E-state index in [-0.39, 0.29) is 5.91 Å². The van der Waals surface area contributed by atoms with Gasteiger partial charge in [-0.15, -0.1) is 0 Å². The van der Waals surface area contributed by atoms with Crippen molar-refractivity contribution >= 4 is 47.4 Å². The lowest BCUT2D eigenvalue weighted by Crippen LogP contribution is -2.25. The van der Waals surface area contributed by atoms with Crippen LogP contribution in [0.4, 0.5) is 5.69 Å². The first kappa shape index (κ1) is 15.2. The quantitative estimate of drug-likeness (QED) is 0.798. The van der Waals surface area contributed by atoms with Gasteiger partial charge in [0.15, 0.2) is 0 Å². The van der Waals surface area contributed by atoms with Gasteiger partial charge in [-0.3, -0.25) is 4.79 Å². The Hall–Kier alpha value is -1.16. The molecular formula is C15H13Cl2NOS. The largest absolute Gasteiger partial charge is 0.324 e. The van der Waals surface area contributed by atoms with Crippen LogP contribution in [0.3, 0.4) is 0 Å². The molecule has 0 heterocycles. The van der Waals surface area contributed by atoms with Crippen molar-refractivity contribution in [3.8, 4) is 0 Å². The van der Waals surface area contributed by atoms with Crippen LogP contribution < -0.4 is 5.32 Å². The molecule has 2 nitrogen and oxygen atoms in total. The predicted molar refractivity (Wildman–Crippen MR) is 88.0 cm³/mol. The Morgan fingerprint density at radius 3 is 2.55 bits per heavy atom. The topological polar surface area (TPSA) is 29.1 Å². The van der Waals surface area contributed by atoms with Gasteiger partial charge in [-0.05, 0) is 30.2 Å². The minimum atomic E-state index is -0.451. The molecule has 0 aliphatic heterocycles. The molecule has 0 saturated heterocycles. The third-order valence-electron chi connectivity index (χ3n) is 2.76. The second-order valence-electron chi connectivity index (χ2n) is 4.32. The summed E-state index contributed by atoms with van der Waals surface area (Å²) in [7, 11) is 0. The van der Waals surface area contributed by atoms with Gasteiger partial charge >= 0.3 is 0 Å². The molecule has 1 atom stereocenters. The van der Waals surface area contributed by atoms with E-state index in [4.69, 9.17) is 23.2 Å². The smallest absolute Gasteiger partial charge is 0.237 e. The van der Waals surface area contributed by atoms with Crippen LogP contribution in [0.15, 0.2) is 48.5 Å². The number of amides is 1. The first-order valence-electron chi connectivity index (χ1n) is 6.04. The fraction of sp³-hybridized carbons (Fsp3) is 0.133. The molecule has 1 N–H and O–H groups in total. The zero-order valence-electron chi connectivity index (χ0n) is 10.5. The highest BCUT2D eigenvalue weighted by atomic mass is 35.5. The molecule has 0 aromatic heterocycles. The molecule has 5 heteroatoms. The molecular weight excluding hydrogens is 313 g/mol. The number of thiol groups is 1. The van der Waals surface area contributed by atoms with Crippen LogP contribution in [-0.4, -0.2) is 11.2 Å². The zero-order valence-corrected chi connectivity index (χ0v) is 12.9. The van der Waals surface area contributed by atoms with E-state index in [0.717, 1.165) is 5.56 Å². The summed E-state index contributed by atoms with van der Waals surface area (Å²) in [6, 6.07) is 14.6. The van der Waals surface area contributed by atoms with Gasteiger partial charge in [-0.1, -0.05) is 53.5 Å². The number of nitrogens with one attached hydrogen (secondary N) is 1. The molecule has 1 amide bonds. The molecule has 0 aliphatic rings. The van der Waals surface area contributed by atoms with Crippen LogP contribution in [0.5, 0.6) is 0 Å². The van der Waals surface area contributed by atoms with Gasteiger partial charge in [-0.25, -0.2) is 0 Å². The highest BCUT2D eigenvalue weighted by molar-refractivity contribution is 7.81. The molecule has 0 fully saturated rings. The molecule has 2 rings (SSSR count). The molecule has 0 spiro atoms. The molecule has 0 bridgehead atoms. The van der Waals surface area contributed by atoms with Gasteiger partial charge in [0.2, 0.25) is 5.91 Å². The van der Waals surface area contributed by atoms with Crippen LogP contribution in [0.1, 0.15) is 5.56 Å². The van der Waals surface area contributed by atoms with E-state index < -0.39 is 5.25 Å². The minimum Gasteiger partial charge on any atom is -0.324 e. The summed E-state index contributed by atoms with van der Waals surface area (Å²) < 4.78 is 0. The van der Waals surface area contributed by atoms with Crippen LogP contribution in [-0.2, 0) is 11.2 Å². The summed E-state index contributed by atoms with van der Waals surface area (Å²) in [6.45, 7) is 0. The van der Waals surface area contributed by atoms with Gasteiger partial charge in [0, 0.05) is 5.02 Å². The predicted octanol–water partition coefficient (Wildman–Crippen LogP) is 4.47. The van der Waals surface area contributed by atoms with E-state index in [1.54, 1.807) is 18.2 Å². The van der Waals surface area contributed by atoms with Gasteiger partial charge in [-0.2, -0.15) is 12.6 Å². The van der Waals surface area contributed by atoms with E-state index >= 15 is 0 Å². The first-order chi connectivity index (χ1) is 9.56. The van der Waals surface area contributed by atoms with Crippen molar-refractivity contribution in [3.63, 3.8) is 0 Å². The Balaban J connectivity index is 2.02. The Kier molecular flexibility index (Phi) is 5.35. The maximum atomic E-state index is 12.1. The van der Waals surface area contributed by atoms with Crippen LogP contribution in [0, 0.1) is 0 Å². The van der Waals surface area contributed by atoms with Crippen molar-refractivity contribution < 1.29 is 4.79 Å². The fourth-order valence-corrected chi connectivity index (χ4v) is 2.35. The van der Waals surface area contributed by atoms with Crippen LogP contribution >= 0.6 is 35.8 Å². The minimum absolute atomic E-state index is 0.207. The maximum absolute atomic E-state index is 12.1. The SMILES string of the molecule is O=C(Nc1cc(Cl)ccc1Cl)C(S)Cc1ccccc1. The average Bonchev–Trinajstić information content (AvgIpc) is 2.44. The summed E-state index contributed by atoms with van der Waals surface area (Å²) in [5.74, 6) is -0.207.